The predicted octanol–water partition coefficient (Wildman–Crippen LogP) is 4.47. The molecule has 1 aromatic carbocycles. The van der Waals surface area contributed by atoms with Gasteiger partial charge in [-0.25, -0.2) is 0 Å². The number of carbonyl (C=O) groups is 1. The summed E-state index contributed by atoms with van der Waals surface area (Å²) in [7, 11) is 0. The fraction of sp³-hybridized carbons (Fsp3) is 0.588. The Kier molecular flexibility index (Phi) is 5.09. The van der Waals surface area contributed by atoms with E-state index in [0.29, 0.717) is 11.3 Å². The number of alkyl halides is 1. The van der Waals surface area contributed by atoms with Crippen LogP contribution in [-0.4, -0.2) is 23.9 Å². The van der Waals surface area contributed by atoms with Gasteiger partial charge in [0, 0.05) is 24.5 Å². The van der Waals surface area contributed by atoms with Gasteiger partial charge in [-0.1, -0.05) is 38.8 Å². The molecule has 0 saturated carbocycles. The number of rotatable bonds is 4. The Morgan fingerprint density at radius 2 is 1.90 bits per heavy atom. The van der Waals surface area contributed by atoms with Crippen molar-refractivity contribution in [1.29, 1.82) is 0 Å². The van der Waals surface area contributed by atoms with E-state index < -0.39 is 0 Å². The molecule has 1 aliphatic heterocycles. The van der Waals surface area contributed by atoms with Crippen molar-refractivity contribution in [2.75, 3.05) is 13.1 Å². The van der Waals surface area contributed by atoms with Crippen molar-refractivity contribution >= 4 is 17.5 Å². The summed E-state index contributed by atoms with van der Waals surface area (Å²) < 4.78 is 0. The van der Waals surface area contributed by atoms with Gasteiger partial charge < -0.3 is 4.90 Å². The molecule has 110 valence electrons. The first-order chi connectivity index (χ1) is 9.64. The van der Waals surface area contributed by atoms with Crippen molar-refractivity contribution < 1.29 is 4.79 Å². The molecule has 20 heavy (non-hydrogen) atoms. The molecule has 2 nitrogen and oxygen atoms in total. The van der Waals surface area contributed by atoms with Crippen LogP contribution in [-0.2, 0) is 5.88 Å². The van der Waals surface area contributed by atoms with Crippen LogP contribution in [0.3, 0.4) is 0 Å². The van der Waals surface area contributed by atoms with E-state index in [1.807, 2.05) is 29.2 Å². The molecule has 1 heterocycles. The maximum Gasteiger partial charge on any atom is 0.253 e. The number of nitrogens with zero attached hydrogens (tertiary/aromatic N) is 1. The Hall–Kier alpha value is -1.02. The third kappa shape index (κ3) is 3.17. The number of amides is 1. The highest BCUT2D eigenvalue weighted by atomic mass is 35.5. The van der Waals surface area contributed by atoms with E-state index in [0.717, 1.165) is 37.1 Å². The Labute approximate surface area is 127 Å². The van der Waals surface area contributed by atoms with Gasteiger partial charge in [-0.05, 0) is 36.0 Å². The summed E-state index contributed by atoms with van der Waals surface area (Å²) in [5, 5.41) is 0. The molecule has 0 atom stereocenters. The van der Waals surface area contributed by atoms with Gasteiger partial charge >= 0.3 is 0 Å². The number of hydrogen-bond donors (Lipinski definition) is 0. The normalized spacial score (nSPS) is 18.1. The summed E-state index contributed by atoms with van der Waals surface area (Å²) in [6.07, 6.45) is 4.68. The minimum Gasteiger partial charge on any atom is -0.339 e. The van der Waals surface area contributed by atoms with E-state index in [-0.39, 0.29) is 5.91 Å². The number of benzene rings is 1. The Morgan fingerprint density at radius 1 is 1.25 bits per heavy atom. The largest absolute Gasteiger partial charge is 0.339 e. The Bertz CT molecular complexity index is 458. The zero-order chi connectivity index (χ0) is 14.6. The lowest BCUT2D eigenvalue weighted by Crippen LogP contribution is -2.42. The molecule has 0 radical (unpaired) electrons. The number of halogens is 1. The van der Waals surface area contributed by atoms with Gasteiger partial charge in [-0.2, -0.15) is 0 Å². The van der Waals surface area contributed by atoms with Gasteiger partial charge in [-0.15, -0.1) is 11.6 Å². The third-order valence-corrected chi connectivity index (χ3v) is 5.25. The van der Waals surface area contributed by atoms with Crippen LogP contribution < -0.4 is 0 Å². The number of carbonyl (C=O) groups excluding carboxylic acids is 1. The first-order valence-corrected chi connectivity index (χ1v) is 8.12. The SMILES string of the molecule is CCC1(CC)CCN(C(=O)c2cccc(CCl)c2)CC1. The molecule has 1 fully saturated rings. The second-order valence-corrected chi connectivity index (χ2v) is 6.10. The van der Waals surface area contributed by atoms with E-state index in [1.165, 1.54) is 12.8 Å². The smallest absolute Gasteiger partial charge is 0.253 e. The lowest BCUT2D eigenvalue weighted by atomic mass is 9.74. The van der Waals surface area contributed by atoms with Crippen LogP contribution >= 0.6 is 11.6 Å². The summed E-state index contributed by atoms with van der Waals surface area (Å²) in [6, 6.07) is 7.67. The van der Waals surface area contributed by atoms with Crippen LogP contribution in [0.1, 0.15) is 55.5 Å². The standard InChI is InChI=1S/C17H24ClNO/c1-3-17(4-2)8-10-19(11-9-17)16(20)15-7-5-6-14(12-15)13-18/h5-7,12H,3-4,8-11,13H2,1-2H3. The van der Waals surface area contributed by atoms with E-state index in [1.54, 1.807) is 0 Å². The van der Waals surface area contributed by atoms with Crippen molar-refractivity contribution in [2.45, 2.75) is 45.4 Å². The van der Waals surface area contributed by atoms with Crippen LogP contribution in [0.25, 0.3) is 0 Å². The Morgan fingerprint density at radius 3 is 2.45 bits per heavy atom. The second kappa shape index (κ2) is 6.62. The zero-order valence-electron chi connectivity index (χ0n) is 12.5. The molecule has 0 unspecified atom stereocenters. The summed E-state index contributed by atoms with van der Waals surface area (Å²) in [5.41, 5.74) is 2.23. The number of hydrogen-bond acceptors (Lipinski definition) is 1. The van der Waals surface area contributed by atoms with E-state index in [9.17, 15) is 4.79 Å². The van der Waals surface area contributed by atoms with Crippen molar-refractivity contribution in [2.24, 2.45) is 5.41 Å². The highest BCUT2D eigenvalue weighted by Gasteiger charge is 2.33. The molecule has 1 aromatic rings. The highest BCUT2D eigenvalue weighted by molar-refractivity contribution is 6.17. The molecule has 0 aliphatic carbocycles. The van der Waals surface area contributed by atoms with Crippen LogP contribution in [0.4, 0.5) is 0 Å². The van der Waals surface area contributed by atoms with E-state index in [4.69, 9.17) is 11.6 Å². The summed E-state index contributed by atoms with van der Waals surface area (Å²) in [5.74, 6) is 0.605. The van der Waals surface area contributed by atoms with Gasteiger partial charge in [0.05, 0.1) is 0 Å². The lowest BCUT2D eigenvalue weighted by Gasteiger charge is -2.41. The lowest BCUT2D eigenvalue weighted by molar-refractivity contribution is 0.0557. The number of likely N-dealkylation sites (tertiary alicyclic amines) is 1. The predicted molar refractivity (Wildman–Crippen MR) is 84.2 cm³/mol. The van der Waals surface area contributed by atoms with Crippen molar-refractivity contribution in [3.8, 4) is 0 Å². The van der Waals surface area contributed by atoms with Crippen LogP contribution in [0, 0.1) is 5.41 Å². The van der Waals surface area contributed by atoms with Gasteiger partial charge in [0.1, 0.15) is 0 Å². The average molecular weight is 294 g/mol. The molecule has 1 amide bonds. The van der Waals surface area contributed by atoms with Gasteiger partial charge in [-0.3, -0.25) is 4.79 Å². The van der Waals surface area contributed by atoms with Crippen LogP contribution in [0.2, 0.25) is 0 Å². The summed E-state index contributed by atoms with van der Waals surface area (Å²) in [4.78, 5) is 14.5. The minimum atomic E-state index is 0.151. The van der Waals surface area contributed by atoms with Crippen molar-refractivity contribution in [3.63, 3.8) is 0 Å². The van der Waals surface area contributed by atoms with Gasteiger partial charge in [0.25, 0.3) is 5.91 Å². The molecule has 0 spiro atoms. The Balaban J connectivity index is 2.04. The van der Waals surface area contributed by atoms with Gasteiger partial charge in [0.2, 0.25) is 0 Å². The van der Waals surface area contributed by atoms with E-state index >= 15 is 0 Å². The maximum absolute atomic E-state index is 12.5. The molecular weight excluding hydrogens is 270 g/mol. The number of piperidine rings is 1. The average Bonchev–Trinajstić information content (AvgIpc) is 2.54. The maximum atomic E-state index is 12.5. The molecule has 3 heteroatoms. The van der Waals surface area contributed by atoms with Crippen molar-refractivity contribution in [1.82, 2.24) is 4.90 Å². The fourth-order valence-electron chi connectivity index (χ4n) is 3.11. The zero-order valence-corrected chi connectivity index (χ0v) is 13.2. The van der Waals surface area contributed by atoms with Crippen LogP contribution in [0.5, 0.6) is 0 Å². The molecule has 0 bridgehead atoms. The summed E-state index contributed by atoms with van der Waals surface area (Å²) in [6.45, 7) is 6.30. The molecule has 1 saturated heterocycles. The van der Waals surface area contributed by atoms with Crippen molar-refractivity contribution in [3.05, 3.63) is 35.4 Å². The van der Waals surface area contributed by atoms with Crippen LogP contribution in [0.15, 0.2) is 24.3 Å². The molecule has 2 rings (SSSR count). The minimum absolute atomic E-state index is 0.151. The van der Waals surface area contributed by atoms with E-state index in [2.05, 4.69) is 13.8 Å². The monoisotopic (exact) mass is 293 g/mol. The highest BCUT2D eigenvalue weighted by Crippen LogP contribution is 2.38. The fourth-order valence-corrected chi connectivity index (χ4v) is 3.28. The third-order valence-electron chi connectivity index (χ3n) is 4.94. The molecule has 0 aromatic heterocycles. The second-order valence-electron chi connectivity index (χ2n) is 5.83. The van der Waals surface area contributed by atoms with Gasteiger partial charge in [0.15, 0.2) is 0 Å². The summed E-state index contributed by atoms with van der Waals surface area (Å²) >= 11 is 5.84. The first kappa shape index (κ1) is 15.4. The molecule has 0 N–H and O–H groups in total. The molecule has 1 aliphatic rings. The first-order valence-electron chi connectivity index (χ1n) is 7.58. The quantitative estimate of drug-likeness (QED) is 0.750. The topological polar surface area (TPSA) is 20.3 Å². The molecular formula is C17H24ClNO.